The summed E-state index contributed by atoms with van der Waals surface area (Å²) in [6, 6.07) is 13.8. The predicted octanol–water partition coefficient (Wildman–Crippen LogP) is 2.23. The maximum Gasteiger partial charge on any atom is 0.243 e. The first kappa shape index (κ1) is 21.1. The summed E-state index contributed by atoms with van der Waals surface area (Å²) in [6.45, 7) is 1.13. The lowest BCUT2D eigenvalue weighted by Gasteiger charge is -2.25. The molecule has 0 radical (unpaired) electrons. The van der Waals surface area contributed by atoms with E-state index in [9.17, 15) is 13.2 Å². The van der Waals surface area contributed by atoms with Gasteiger partial charge in [0.25, 0.3) is 0 Å². The Hall–Kier alpha value is -3.11. The van der Waals surface area contributed by atoms with E-state index in [2.05, 4.69) is 20.8 Å². The van der Waals surface area contributed by atoms with Gasteiger partial charge in [-0.2, -0.15) is 4.31 Å². The summed E-state index contributed by atoms with van der Waals surface area (Å²) in [4.78, 5) is 12.8. The molecule has 162 valence electrons. The highest BCUT2D eigenvalue weighted by molar-refractivity contribution is 7.89. The van der Waals surface area contributed by atoms with Gasteiger partial charge in [-0.3, -0.25) is 4.79 Å². The van der Waals surface area contributed by atoms with Crippen molar-refractivity contribution < 1.29 is 13.2 Å². The number of piperidine rings is 1. The largest absolute Gasteiger partial charge is 0.326 e. The molecular formula is C21H24N6O3S. The normalized spacial score (nSPS) is 15.0. The van der Waals surface area contributed by atoms with E-state index >= 15 is 0 Å². The van der Waals surface area contributed by atoms with Crippen LogP contribution in [0.15, 0.2) is 53.4 Å². The number of nitrogens with one attached hydrogen (secondary N) is 1. The molecule has 0 atom stereocenters. The van der Waals surface area contributed by atoms with Gasteiger partial charge >= 0.3 is 0 Å². The van der Waals surface area contributed by atoms with Gasteiger partial charge in [0, 0.05) is 31.4 Å². The van der Waals surface area contributed by atoms with Crippen LogP contribution in [0.4, 0.5) is 5.69 Å². The number of hydrogen-bond donors (Lipinski definition) is 1. The van der Waals surface area contributed by atoms with Crippen molar-refractivity contribution in [1.29, 1.82) is 0 Å². The van der Waals surface area contributed by atoms with Crippen LogP contribution in [-0.2, 0) is 28.3 Å². The monoisotopic (exact) mass is 440 g/mol. The van der Waals surface area contributed by atoms with Crippen molar-refractivity contribution in [1.82, 2.24) is 24.5 Å². The van der Waals surface area contributed by atoms with Gasteiger partial charge in [0.1, 0.15) is 0 Å². The number of carbonyl (C=O) groups is 1. The van der Waals surface area contributed by atoms with Crippen LogP contribution in [-0.4, -0.2) is 51.9 Å². The quantitative estimate of drug-likeness (QED) is 0.629. The van der Waals surface area contributed by atoms with Gasteiger partial charge in [-0.15, -0.1) is 5.10 Å². The lowest BCUT2D eigenvalue weighted by molar-refractivity contribution is -0.115. The number of aryl methyl sites for hydroxylation is 1. The Kier molecular flexibility index (Phi) is 6.10. The van der Waals surface area contributed by atoms with Gasteiger partial charge in [-0.25, -0.2) is 13.1 Å². The molecule has 0 spiro atoms. The lowest BCUT2D eigenvalue weighted by atomic mass is 10.1. The number of amides is 1. The lowest BCUT2D eigenvalue weighted by Crippen LogP contribution is -2.35. The van der Waals surface area contributed by atoms with Gasteiger partial charge in [0.2, 0.25) is 15.9 Å². The van der Waals surface area contributed by atoms with Gasteiger partial charge in [0.05, 0.1) is 11.3 Å². The smallest absolute Gasteiger partial charge is 0.243 e. The molecular weight excluding hydrogens is 416 g/mol. The van der Waals surface area contributed by atoms with Crippen molar-refractivity contribution in [2.75, 3.05) is 18.4 Å². The molecule has 1 saturated heterocycles. The second-order valence-corrected chi connectivity index (χ2v) is 9.48. The molecule has 0 saturated carbocycles. The average Bonchev–Trinajstić information content (AvgIpc) is 3.21. The van der Waals surface area contributed by atoms with Gasteiger partial charge in [0.15, 0.2) is 5.82 Å². The maximum absolute atomic E-state index is 12.7. The van der Waals surface area contributed by atoms with E-state index in [0.717, 1.165) is 30.4 Å². The van der Waals surface area contributed by atoms with Gasteiger partial charge in [-0.05, 0) is 53.1 Å². The standard InChI is InChI=1S/C21H24N6O3S/c1-26-21(23-24-25-26)17-6-5-7-18(15-17)22-20(28)14-16-8-10-19(11-9-16)31(29,30)27-12-3-2-4-13-27/h5-11,15H,2-4,12-14H2,1H3,(H,22,28). The number of rotatable bonds is 6. The highest BCUT2D eigenvalue weighted by Crippen LogP contribution is 2.22. The fraction of sp³-hybridized carbons (Fsp3) is 0.333. The first-order valence-electron chi connectivity index (χ1n) is 10.2. The van der Waals surface area contributed by atoms with Crippen LogP contribution < -0.4 is 5.32 Å². The van der Waals surface area contributed by atoms with Crippen LogP contribution in [0.3, 0.4) is 0 Å². The van der Waals surface area contributed by atoms with Crippen molar-refractivity contribution in [3.8, 4) is 11.4 Å². The summed E-state index contributed by atoms with van der Waals surface area (Å²) < 4.78 is 28.6. The summed E-state index contributed by atoms with van der Waals surface area (Å²) >= 11 is 0. The summed E-state index contributed by atoms with van der Waals surface area (Å²) in [5, 5.41) is 14.3. The molecule has 0 bridgehead atoms. The number of sulfonamides is 1. The van der Waals surface area contributed by atoms with Crippen LogP contribution in [0, 0.1) is 0 Å². The van der Waals surface area contributed by atoms with Crippen molar-refractivity contribution >= 4 is 21.6 Å². The molecule has 1 aliphatic rings. The van der Waals surface area contributed by atoms with Crippen LogP contribution >= 0.6 is 0 Å². The molecule has 0 unspecified atom stereocenters. The summed E-state index contributed by atoms with van der Waals surface area (Å²) in [6.07, 6.45) is 3.00. The molecule has 3 aromatic rings. The number of nitrogens with zero attached hydrogens (tertiary/aromatic N) is 5. The van der Waals surface area contributed by atoms with Crippen LogP contribution in [0.25, 0.3) is 11.4 Å². The number of hydrogen-bond acceptors (Lipinski definition) is 6. The van der Waals surface area contributed by atoms with E-state index in [1.807, 2.05) is 12.1 Å². The minimum absolute atomic E-state index is 0.139. The third-order valence-electron chi connectivity index (χ3n) is 5.27. The highest BCUT2D eigenvalue weighted by Gasteiger charge is 2.25. The fourth-order valence-corrected chi connectivity index (χ4v) is 5.15. The second-order valence-electron chi connectivity index (χ2n) is 7.54. The average molecular weight is 441 g/mol. The molecule has 9 nitrogen and oxygen atoms in total. The van der Waals surface area contributed by atoms with Crippen molar-refractivity contribution in [3.05, 3.63) is 54.1 Å². The zero-order valence-corrected chi connectivity index (χ0v) is 18.0. The maximum atomic E-state index is 12.7. The van der Waals surface area contributed by atoms with E-state index in [1.165, 1.54) is 4.31 Å². The molecule has 31 heavy (non-hydrogen) atoms. The molecule has 10 heteroatoms. The zero-order valence-electron chi connectivity index (χ0n) is 17.2. The molecule has 2 aromatic carbocycles. The third kappa shape index (κ3) is 4.80. The summed E-state index contributed by atoms with van der Waals surface area (Å²) in [7, 11) is -1.73. The fourth-order valence-electron chi connectivity index (χ4n) is 3.63. The predicted molar refractivity (Wildman–Crippen MR) is 116 cm³/mol. The van der Waals surface area contributed by atoms with E-state index in [0.29, 0.717) is 24.6 Å². The third-order valence-corrected chi connectivity index (χ3v) is 7.18. The van der Waals surface area contributed by atoms with Crippen LogP contribution in [0.2, 0.25) is 0 Å². The summed E-state index contributed by atoms with van der Waals surface area (Å²) in [5.41, 5.74) is 2.16. The second kappa shape index (κ2) is 8.94. The summed E-state index contributed by atoms with van der Waals surface area (Å²) in [5.74, 6) is 0.404. The van der Waals surface area contributed by atoms with Crippen molar-refractivity contribution in [3.63, 3.8) is 0 Å². The number of benzene rings is 2. The first-order chi connectivity index (χ1) is 14.9. The van der Waals surface area contributed by atoms with Gasteiger partial charge in [-0.1, -0.05) is 30.7 Å². The molecule has 0 aliphatic carbocycles. The highest BCUT2D eigenvalue weighted by atomic mass is 32.2. The molecule has 1 aliphatic heterocycles. The Bertz CT molecular complexity index is 1170. The number of aromatic nitrogens is 4. The van der Waals surface area contributed by atoms with Gasteiger partial charge < -0.3 is 5.32 Å². The molecule has 4 rings (SSSR count). The van der Waals surface area contributed by atoms with Crippen LogP contribution in [0.1, 0.15) is 24.8 Å². The Labute approximate surface area is 181 Å². The minimum Gasteiger partial charge on any atom is -0.326 e. The SMILES string of the molecule is Cn1nnnc1-c1cccc(NC(=O)Cc2ccc(S(=O)(=O)N3CCCCC3)cc2)c1. The molecule has 1 N–H and O–H groups in total. The van der Waals surface area contributed by atoms with E-state index < -0.39 is 10.0 Å². The van der Waals surface area contributed by atoms with E-state index in [1.54, 1.807) is 48.1 Å². The van der Waals surface area contributed by atoms with Crippen molar-refractivity contribution in [2.45, 2.75) is 30.6 Å². The Balaban J connectivity index is 1.41. The molecule has 1 fully saturated rings. The van der Waals surface area contributed by atoms with E-state index in [4.69, 9.17) is 0 Å². The zero-order chi connectivity index (χ0) is 21.8. The number of carbonyl (C=O) groups excluding carboxylic acids is 1. The topological polar surface area (TPSA) is 110 Å². The number of anilines is 1. The molecule has 2 heterocycles. The Morgan fingerprint density at radius 3 is 2.48 bits per heavy atom. The van der Waals surface area contributed by atoms with Crippen LogP contribution in [0.5, 0.6) is 0 Å². The number of tetrazole rings is 1. The van der Waals surface area contributed by atoms with Crippen molar-refractivity contribution in [2.24, 2.45) is 7.05 Å². The molecule has 1 aromatic heterocycles. The molecule has 1 amide bonds. The Morgan fingerprint density at radius 1 is 1.06 bits per heavy atom. The Morgan fingerprint density at radius 2 is 1.81 bits per heavy atom. The first-order valence-corrected chi connectivity index (χ1v) is 11.6. The minimum atomic E-state index is -3.47. The van der Waals surface area contributed by atoms with E-state index in [-0.39, 0.29) is 17.2 Å².